The van der Waals surface area contributed by atoms with Crippen LogP contribution in [-0.4, -0.2) is 56.3 Å². The fourth-order valence-electron chi connectivity index (χ4n) is 2.19. The second-order valence-electron chi connectivity index (χ2n) is 5.18. The van der Waals surface area contributed by atoms with Gasteiger partial charge in [0.25, 0.3) is 0 Å². The fraction of sp³-hybridized carbons (Fsp3) is 0.571. The second-order valence-corrected chi connectivity index (χ2v) is 7.65. The fourth-order valence-corrected chi connectivity index (χ4v) is 2.76. The van der Waals surface area contributed by atoms with E-state index < -0.39 is 16.1 Å². The van der Waals surface area contributed by atoms with E-state index in [1.165, 1.54) is 6.08 Å². The number of ether oxygens (including phenoxy) is 1. The van der Waals surface area contributed by atoms with Crippen molar-refractivity contribution in [2.45, 2.75) is 19.4 Å². The predicted molar refractivity (Wildman–Crippen MR) is 90.4 cm³/mol. The molecule has 2 unspecified atom stereocenters. The van der Waals surface area contributed by atoms with Crippen LogP contribution in [0.5, 0.6) is 0 Å². The maximum Gasteiger partial charge on any atom is 0.410 e. The average molecular weight is 346 g/mol. The summed E-state index contributed by atoms with van der Waals surface area (Å²) in [6.45, 7) is 6.23. The summed E-state index contributed by atoms with van der Waals surface area (Å²) < 4.78 is 29.5. The molecule has 1 N–H and O–H groups in total. The first-order valence-corrected chi connectivity index (χ1v) is 9.20. The topological polar surface area (TPSA) is 75.7 Å². The third-order valence-electron chi connectivity index (χ3n) is 3.30. The van der Waals surface area contributed by atoms with Crippen molar-refractivity contribution in [1.82, 2.24) is 9.62 Å². The average Bonchev–Trinajstić information content (AvgIpc) is 2.84. The van der Waals surface area contributed by atoms with Crippen LogP contribution in [0, 0.1) is 5.92 Å². The van der Waals surface area contributed by atoms with E-state index in [0.29, 0.717) is 13.0 Å². The molecule has 0 saturated carbocycles. The Morgan fingerprint density at radius 2 is 2.23 bits per heavy atom. The van der Waals surface area contributed by atoms with E-state index >= 15 is 0 Å². The van der Waals surface area contributed by atoms with Gasteiger partial charge in [0.15, 0.2) is 0 Å². The third-order valence-corrected chi connectivity index (χ3v) is 4.32. The van der Waals surface area contributed by atoms with Gasteiger partial charge in [-0.05, 0) is 18.2 Å². The predicted octanol–water partition coefficient (Wildman–Crippen LogP) is 1.49. The molecular weight excluding hydrogens is 324 g/mol. The zero-order chi connectivity index (χ0) is 16.8. The maximum absolute atomic E-state index is 12.0. The first-order valence-electron chi connectivity index (χ1n) is 6.90. The molecule has 0 aromatic heterocycles. The lowest BCUT2D eigenvalue weighted by Crippen LogP contribution is -2.35. The van der Waals surface area contributed by atoms with Crippen molar-refractivity contribution in [3.05, 3.63) is 24.8 Å². The highest BCUT2D eigenvalue weighted by Gasteiger charge is 2.35. The Balaban J connectivity index is 2.69. The highest BCUT2D eigenvalue weighted by atomic mass is 32.2. The Morgan fingerprint density at radius 1 is 1.55 bits per heavy atom. The highest BCUT2D eigenvalue weighted by Crippen LogP contribution is 2.26. The number of carbonyl (C=O) groups is 1. The molecule has 0 aliphatic carbocycles. The van der Waals surface area contributed by atoms with Gasteiger partial charge in [0.05, 0.1) is 12.3 Å². The Kier molecular flexibility index (Phi) is 7.18. The molecule has 1 aliphatic rings. The van der Waals surface area contributed by atoms with E-state index in [0.717, 1.165) is 11.1 Å². The minimum absolute atomic E-state index is 0.142. The quantitative estimate of drug-likeness (QED) is 0.558. The lowest BCUT2D eigenvalue weighted by molar-refractivity contribution is 0.113. The maximum atomic E-state index is 12.0. The van der Waals surface area contributed by atoms with Gasteiger partial charge in [0.2, 0.25) is 10.0 Å². The lowest BCUT2D eigenvalue weighted by atomic mass is 10.0. The Labute approximate surface area is 137 Å². The SMILES string of the molecule is C=CCOC(=O)N1CC(C(C)=S)CC1C=CCNS(C)(=O)=O. The molecule has 1 rings (SSSR count). The first-order chi connectivity index (χ1) is 10.2. The summed E-state index contributed by atoms with van der Waals surface area (Å²) in [5, 5.41) is 0. The Morgan fingerprint density at radius 3 is 2.77 bits per heavy atom. The summed E-state index contributed by atoms with van der Waals surface area (Å²) in [5.41, 5.74) is 0. The summed E-state index contributed by atoms with van der Waals surface area (Å²) in [4.78, 5) is 14.5. The van der Waals surface area contributed by atoms with E-state index in [2.05, 4.69) is 11.3 Å². The van der Waals surface area contributed by atoms with Crippen molar-refractivity contribution >= 4 is 33.2 Å². The van der Waals surface area contributed by atoms with Crippen LogP contribution in [0.15, 0.2) is 24.8 Å². The minimum atomic E-state index is -3.22. The number of sulfonamides is 1. The number of hydrogen-bond acceptors (Lipinski definition) is 5. The summed E-state index contributed by atoms with van der Waals surface area (Å²) in [7, 11) is -3.22. The van der Waals surface area contributed by atoms with Crippen molar-refractivity contribution < 1.29 is 17.9 Å². The highest BCUT2D eigenvalue weighted by molar-refractivity contribution is 7.88. The lowest BCUT2D eigenvalue weighted by Gasteiger charge is -2.21. The number of amides is 1. The molecule has 1 heterocycles. The van der Waals surface area contributed by atoms with Crippen molar-refractivity contribution in [3.8, 4) is 0 Å². The van der Waals surface area contributed by atoms with Crippen molar-refractivity contribution in [3.63, 3.8) is 0 Å². The molecule has 1 fully saturated rings. The van der Waals surface area contributed by atoms with Crippen LogP contribution in [0.25, 0.3) is 0 Å². The molecule has 1 saturated heterocycles. The van der Waals surface area contributed by atoms with Gasteiger partial charge in [-0.25, -0.2) is 17.9 Å². The number of likely N-dealkylation sites (tertiary alicyclic amines) is 1. The molecular formula is C14H22N2O4S2. The van der Waals surface area contributed by atoms with Crippen molar-refractivity contribution in [2.75, 3.05) is 26.0 Å². The normalized spacial score (nSPS) is 22.0. The molecule has 0 spiro atoms. The van der Waals surface area contributed by atoms with Crippen molar-refractivity contribution in [1.29, 1.82) is 0 Å². The molecule has 0 aromatic rings. The summed E-state index contributed by atoms with van der Waals surface area (Å²) in [6.07, 6.45) is 6.42. The van der Waals surface area contributed by atoms with E-state index in [1.807, 2.05) is 13.0 Å². The minimum Gasteiger partial charge on any atom is -0.445 e. The largest absolute Gasteiger partial charge is 0.445 e. The van der Waals surface area contributed by atoms with Gasteiger partial charge in [-0.2, -0.15) is 0 Å². The molecule has 1 amide bonds. The van der Waals surface area contributed by atoms with Crippen LogP contribution >= 0.6 is 12.2 Å². The van der Waals surface area contributed by atoms with E-state index in [4.69, 9.17) is 17.0 Å². The molecule has 8 heteroatoms. The third kappa shape index (κ3) is 6.25. The number of rotatable bonds is 7. The Bertz CT molecular complexity index is 557. The number of carbonyl (C=O) groups excluding carboxylic acids is 1. The second kappa shape index (κ2) is 8.40. The first kappa shape index (κ1) is 18.8. The standard InChI is InChI=1S/C14H22N2O4S2/c1-4-8-20-14(17)16-10-12(11(2)21)9-13(16)6-5-7-15-22(3,18)19/h4-6,12-13,15H,1,7-10H2,2-3H3. The molecule has 0 aromatic carbocycles. The van der Waals surface area contributed by atoms with Gasteiger partial charge < -0.3 is 9.64 Å². The zero-order valence-electron chi connectivity index (χ0n) is 12.8. The van der Waals surface area contributed by atoms with Crippen LogP contribution < -0.4 is 4.72 Å². The summed E-state index contributed by atoms with van der Waals surface area (Å²) in [5.74, 6) is 0.142. The number of hydrogen-bond donors (Lipinski definition) is 1. The van der Waals surface area contributed by atoms with Crippen LogP contribution in [0.4, 0.5) is 4.79 Å². The van der Waals surface area contributed by atoms with Gasteiger partial charge in [-0.15, -0.1) is 0 Å². The number of thiocarbonyl (C=S) groups is 1. The smallest absolute Gasteiger partial charge is 0.410 e. The van der Waals surface area contributed by atoms with Crippen molar-refractivity contribution in [2.24, 2.45) is 5.92 Å². The molecule has 0 bridgehead atoms. The summed E-state index contributed by atoms with van der Waals surface area (Å²) in [6, 6.07) is -0.151. The van der Waals surface area contributed by atoms with Crippen LogP contribution in [0.2, 0.25) is 0 Å². The van der Waals surface area contributed by atoms with Gasteiger partial charge in [0.1, 0.15) is 6.61 Å². The molecule has 0 radical (unpaired) electrons. The van der Waals surface area contributed by atoms with E-state index in [-0.39, 0.29) is 25.1 Å². The molecule has 6 nitrogen and oxygen atoms in total. The summed E-state index contributed by atoms with van der Waals surface area (Å²) >= 11 is 5.21. The molecule has 1 aliphatic heterocycles. The number of nitrogens with zero attached hydrogens (tertiary/aromatic N) is 1. The van der Waals surface area contributed by atoms with Gasteiger partial charge in [-0.1, -0.05) is 37.0 Å². The number of nitrogens with one attached hydrogen (secondary N) is 1. The van der Waals surface area contributed by atoms with E-state index in [1.54, 1.807) is 11.0 Å². The molecule has 22 heavy (non-hydrogen) atoms. The van der Waals surface area contributed by atoms with Gasteiger partial charge >= 0.3 is 6.09 Å². The monoisotopic (exact) mass is 346 g/mol. The molecule has 124 valence electrons. The van der Waals surface area contributed by atoms with Crippen LogP contribution in [-0.2, 0) is 14.8 Å². The Hall–Kier alpha value is -1.25. The molecule has 2 atom stereocenters. The zero-order valence-corrected chi connectivity index (χ0v) is 14.5. The van der Waals surface area contributed by atoms with E-state index in [9.17, 15) is 13.2 Å². The van der Waals surface area contributed by atoms with Crippen LogP contribution in [0.1, 0.15) is 13.3 Å². The van der Waals surface area contributed by atoms with Gasteiger partial charge in [-0.3, -0.25) is 0 Å². The van der Waals surface area contributed by atoms with Crippen LogP contribution in [0.3, 0.4) is 0 Å². The van der Waals surface area contributed by atoms with Gasteiger partial charge in [0, 0.05) is 19.0 Å².